The van der Waals surface area contributed by atoms with Gasteiger partial charge in [0.05, 0.1) is 0 Å². The van der Waals surface area contributed by atoms with Gasteiger partial charge in [0.2, 0.25) is 0 Å². The van der Waals surface area contributed by atoms with E-state index in [4.69, 9.17) is 0 Å². The van der Waals surface area contributed by atoms with Gasteiger partial charge in [0.1, 0.15) is 0 Å². The minimum absolute atomic E-state index is 1.32. The van der Waals surface area contributed by atoms with Gasteiger partial charge in [0.25, 0.3) is 0 Å². The third-order valence-corrected chi connectivity index (χ3v) is 6.93. The molecule has 2 aromatic carbocycles. The Balaban J connectivity index is 1.67. The molecule has 0 nitrogen and oxygen atoms in total. The van der Waals surface area contributed by atoms with Gasteiger partial charge in [-0.15, -0.1) is 22.7 Å². The molecule has 0 radical (unpaired) electrons. The average molecular weight is 375 g/mol. The molecule has 130 valence electrons. The van der Waals surface area contributed by atoms with Crippen LogP contribution in [-0.2, 0) is 0 Å². The first-order valence-corrected chi connectivity index (χ1v) is 10.5. The van der Waals surface area contributed by atoms with E-state index >= 15 is 0 Å². The highest BCUT2D eigenvalue weighted by Gasteiger charge is 2.10. The molecule has 2 heterocycles. The van der Waals surface area contributed by atoms with Crippen molar-refractivity contribution >= 4 is 22.7 Å². The van der Waals surface area contributed by atoms with E-state index < -0.39 is 0 Å². The maximum absolute atomic E-state index is 2.28. The first-order valence-electron chi connectivity index (χ1n) is 8.85. The molecule has 0 aliphatic rings. The molecule has 2 heteroatoms. The molecule has 0 aliphatic heterocycles. The van der Waals surface area contributed by atoms with Crippen molar-refractivity contribution in [2.24, 2.45) is 0 Å². The van der Waals surface area contributed by atoms with Crippen LogP contribution in [0.5, 0.6) is 0 Å². The van der Waals surface area contributed by atoms with Gasteiger partial charge in [-0.05, 0) is 63.1 Å². The van der Waals surface area contributed by atoms with E-state index in [-0.39, 0.29) is 0 Å². The number of rotatable bonds is 3. The Kier molecular flexibility index (Phi) is 4.56. The first-order chi connectivity index (χ1) is 12.5. The summed E-state index contributed by atoms with van der Waals surface area (Å²) < 4.78 is 0. The van der Waals surface area contributed by atoms with Crippen LogP contribution in [0.25, 0.3) is 30.6 Å². The Morgan fingerprint density at radius 2 is 0.731 bits per heavy atom. The van der Waals surface area contributed by atoms with E-state index in [0.717, 1.165) is 0 Å². The van der Waals surface area contributed by atoms with Crippen molar-refractivity contribution in [3.63, 3.8) is 0 Å². The van der Waals surface area contributed by atoms with Crippen LogP contribution in [0.1, 0.15) is 22.3 Å². The van der Waals surface area contributed by atoms with E-state index in [2.05, 4.69) is 88.4 Å². The standard InChI is InChI=1S/C24H22S2/c1-15-9-16(2)12-19(11-15)21-5-7-23(25-21)24-8-6-22(26-24)20-13-17(3)10-18(4)14-20/h5-14H,1-4H3. The molecule has 0 saturated carbocycles. The molecule has 0 fully saturated rings. The van der Waals surface area contributed by atoms with Crippen LogP contribution >= 0.6 is 22.7 Å². The average Bonchev–Trinajstić information content (AvgIpc) is 3.22. The third kappa shape index (κ3) is 3.53. The zero-order chi connectivity index (χ0) is 18.3. The van der Waals surface area contributed by atoms with E-state index in [1.165, 1.54) is 52.9 Å². The Labute approximate surface area is 163 Å². The van der Waals surface area contributed by atoms with Gasteiger partial charge in [0.15, 0.2) is 0 Å². The minimum Gasteiger partial charge on any atom is -0.134 e. The molecule has 0 spiro atoms. The van der Waals surface area contributed by atoms with E-state index in [1.807, 2.05) is 22.7 Å². The van der Waals surface area contributed by atoms with E-state index in [1.54, 1.807) is 0 Å². The molecule has 4 rings (SSSR count). The van der Waals surface area contributed by atoms with Gasteiger partial charge in [0, 0.05) is 19.5 Å². The number of benzene rings is 2. The molecule has 0 saturated heterocycles. The Bertz CT molecular complexity index is 951. The predicted molar refractivity (Wildman–Crippen MR) is 117 cm³/mol. The van der Waals surface area contributed by atoms with Crippen LogP contribution in [-0.4, -0.2) is 0 Å². The summed E-state index contributed by atoms with van der Waals surface area (Å²) in [6.07, 6.45) is 0. The van der Waals surface area contributed by atoms with Gasteiger partial charge in [-0.1, -0.05) is 58.7 Å². The first kappa shape index (κ1) is 17.3. The summed E-state index contributed by atoms with van der Waals surface area (Å²) in [6, 6.07) is 22.6. The normalized spacial score (nSPS) is 11.1. The summed E-state index contributed by atoms with van der Waals surface area (Å²) in [6.45, 7) is 8.67. The molecular weight excluding hydrogens is 352 g/mol. The van der Waals surface area contributed by atoms with Crippen LogP contribution in [0.3, 0.4) is 0 Å². The number of thiophene rings is 2. The number of hydrogen-bond donors (Lipinski definition) is 0. The summed E-state index contributed by atoms with van der Waals surface area (Å²) in [7, 11) is 0. The number of aryl methyl sites for hydroxylation is 4. The molecule has 4 aromatic rings. The highest BCUT2D eigenvalue weighted by atomic mass is 32.1. The van der Waals surface area contributed by atoms with Crippen molar-refractivity contribution in [2.45, 2.75) is 27.7 Å². The maximum atomic E-state index is 2.28. The van der Waals surface area contributed by atoms with Crippen molar-refractivity contribution < 1.29 is 0 Å². The fourth-order valence-electron chi connectivity index (χ4n) is 3.48. The molecule has 2 aromatic heterocycles. The van der Waals surface area contributed by atoms with E-state index in [9.17, 15) is 0 Å². The number of hydrogen-bond acceptors (Lipinski definition) is 2. The van der Waals surface area contributed by atoms with E-state index in [0.29, 0.717) is 0 Å². The minimum atomic E-state index is 1.32. The van der Waals surface area contributed by atoms with Gasteiger partial charge in [-0.3, -0.25) is 0 Å². The molecule has 26 heavy (non-hydrogen) atoms. The molecule has 0 unspecified atom stereocenters. The summed E-state index contributed by atoms with van der Waals surface area (Å²) >= 11 is 3.76. The van der Waals surface area contributed by atoms with Crippen LogP contribution in [0, 0.1) is 27.7 Å². The Morgan fingerprint density at radius 1 is 0.423 bits per heavy atom. The van der Waals surface area contributed by atoms with Crippen molar-refractivity contribution in [2.75, 3.05) is 0 Å². The second kappa shape index (κ2) is 6.86. The lowest BCUT2D eigenvalue weighted by atomic mass is 10.1. The quantitative estimate of drug-likeness (QED) is 0.340. The lowest BCUT2D eigenvalue weighted by molar-refractivity contribution is 1.39. The summed E-state index contributed by atoms with van der Waals surface area (Å²) in [4.78, 5) is 5.38. The SMILES string of the molecule is Cc1cc(C)cc(-c2ccc(-c3ccc(-c4cc(C)cc(C)c4)s3)s2)c1. The maximum Gasteiger partial charge on any atom is 0.0449 e. The highest BCUT2D eigenvalue weighted by molar-refractivity contribution is 7.25. The zero-order valence-electron chi connectivity index (χ0n) is 15.6. The molecular formula is C24H22S2. The van der Waals surface area contributed by atoms with Crippen LogP contribution in [0.15, 0.2) is 60.7 Å². The molecule has 0 aliphatic carbocycles. The van der Waals surface area contributed by atoms with Crippen molar-refractivity contribution in [3.8, 4) is 30.6 Å². The van der Waals surface area contributed by atoms with Crippen molar-refractivity contribution in [1.29, 1.82) is 0 Å². The third-order valence-electron chi connectivity index (χ3n) is 4.47. The molecule has 0 N–H and O–H groups in total. The smallest absolute Gasteiger partial charge is 0.0449 e. The largest absolute Gasteiger partial charge is 0.134 e. The summed E-state index contributed by atoms with van der Waals surface area (Å²) in [5.74, 6) is 0. The van der Waals surface area contributed by atoms with Crippen LogP contribution in [0.4, 0.5) is 0 Å². The van der Waals surface area contributed by atoms with Crippen molar-refractivity contribution in [3.05, 3.63) is 82.9 Å². The lowest BCUT2D eigenvalue weighted by Crippen LogP contribution is -1.79. The Hall–Kier alpha value is -2.16. The van der Waals surface area contributed by atoms with Gasteiger partial charge >= 0.3 is 0 Å². The van der Waals surface area contributed by atoms with Crippen LogP contribution in [0.2, 0.25) is 0 Å². The summed E-state index contributed by atoms with van der Waals surface area (Å²) in [5, 5.41) is 0. The molecule has 0 amide bonds. The second-order valence-corrected chi connectivity index (χ2v) is 9.25. The monoisotopic (exact) mass is 374 g/mol. The summed E-state index contributed by atoms with van der Waals surface area (Å²) in [5.41, 5.74) is 7.94. The molecule has 0 bridgehead atoms. The fourth-order valence-corrected chi connectivity index (χ4v) is 5.56. The fraction of sp³-hybridized carbons (Fsp3) is 0.167. The van der Waals surface area contributed by atoms with Crippen LogP contribution < -0.4 is 0 Å². The topological polar surface area (TPSA) is 0 Å². The van der Waals surface area contributed by atoms with Gasteiger partial charge < -0.3 is 0 Å². The second-order valence-electron chi connectivity index (χ2n) is 7.08. The van der Waals surface area contributed by atoms with Gasteiger partial charge in [-0.25, -0.2) is 0 Å². The van der Waals surface area contributed by atoms with Gasteiger partial charge in [-0.2, -0.15) is 0 Å². The van der Waals surface area contributed by atoms with Crippen molar-refractivity contribution in [1.82, 2.24) is 0 Å². The highest BCUT2D eigenvalue weighted by Crippen LogP contribution is 2.40. The lowest BCUT2D eigenvalue weighted by Gasteiger charge is -2.02. The predicted octanol–water partition coefficient (Wildman–Crippen LogP) is 8.04. The zero-order valence-corrected chi connectivity index (χ0v) is 17.2. The Morgan fingerprint density at radius 3 is 1.08 bits per heavy atom. The molecule has 0 atom stereocenters.